The summed E-state index contributed by atoms with van der Waals surface area (Å²) >= 11 is 5.64. The Kier molecular flexibility index (Phi) is 2.27. The fourth-order valence-electron chi connectivity index (χ4n) is 1.07. The van der Waals surface area contributed by atoms with E-state index in [4.69, 9.17) is 11.6 Å². The van der Waals surface area contributed by atoms with Crippen LogP contribution in [0.25, 0.3) is 5.69 Å². The normalized spacial score (nSPS) is 10.2. The monoisotopic (exact) mass is 193 g/mol. The Morgan fingerprint density at radius 1 is 1.38 bits per heavy atom. The van der Waals surface area contributed by atoms with E-state index in [9.17, 15) is 0 Å². The van der Waals surface area contributed by atoms with Crippen LogP contribution in [0.4, 0.5) is 0 Å². The molecule has 0 N–H and O–H groups in total. The third-order valence-electron chi connectivity index (χ3n) is 1.69. The van der Waals surface area contributed by atoms with E-state index >= 15 is 0 Å². The molecule has 2 heterocycles. The molecular formula is C9H8ClN3. The summed E-state index contributed by atoms with van der Waals surface area (Å²) in [5.41, 5.74) is 1.81. The van der Waals surface area contributed by atoms with Crippen molar-refractivity contribution in [2.75, 3.05) is 0 Å². The summed E-state index contributed by atoms with van der Waals surface area (Å²) in [7, 11) is 0. The van der Waals surface area contributed by atoms with Gasteiger partial charge in [-0.25, -0.2) is 4.68 Å². The molecule has 4 heteroatoms. The van der Waals surface area contributed by atoms with Gasteiger partial charge >= 0.3 is 0 Å². The topological polar surface area (TPSA) is 30.7 Å². The molecule has 0 aromatic carbocycles. The highest BCUT2D eigenvalue weighted by atomic mass is 35.5. The van der Waals surface area contributed by atoms with E-state index in [1.807, 2.05) is 24.4 Å². The van der Waals surface area contributed by atoms with E-state index in [0.717, 1.165) is 11.4 Å². The summed E-state index contributed by atoms with van der Waals surface area (Å²) in [6, 6.07) is 5.70. The van der Waals surface area contributed by atoms with Gasteiger partial charge in [-0.05, 0) is 18.2 Å². The van der Waals surface area contributed by atoms with Gasteiger partial charge in [-0.1, -0.05) is 0 Å². The third-order valence-corrected chi connectivity index (χ3v) is 1.97. The predicted molar refractivity (Wildman–Crippen MR) is 50.9 cm³/mol. The van der Waals surface area contributed by atoms with Crippen molar-refractivity contribution in [2.24, 2.45) is 0 Å². The lowest BCUT2D eigenvalue weighted by Gasteiger charge is -1.97. The molecule has 13 heavy (non-hydrogen) atoms. The van der Waals surface area contributed by atoms with Gasteiger partial charge in [-0.15, -0.1) is 11.6 Å². The molecule has 0 atom stereocenters. The van der Waals surface area contributed by atoms with E-state index in [0.29, 0.717) is 5.88 Å². The molecular weight excluding hydrogens is 186 g/mol. The van der Waals surface area contributed by atoms with E-state index in [-0.39, 0.29) is 0 Å². The first-order chi connectivity index (χ1) is 6.40. The van der Waals surface area contributed by atoms with Gasteiger partial charge in [0.15, 0.2) is 0 Å². The largest absolute Gasteiger partial charge is 0.262 e. The fourth-order valence-corrected chi connectivity index (χ4v) is 1.21. The SMILES string of the molecule is ClCc1ccn(-c2cccnc2)n1. The zero-order valence-electron chi connectivity index (χ0n) is 6.89. The summed E-state index contributed by atoms with van der Waals surface area (Å²) in [6.07, 6.45) is 5.36. The van der Waals surface area contributed by atoms with Crippen LogP contribution in [0.3, 0.4) is 0 Å². The Hall–Kier alpha value is -1.35. The van der Waals surface area contributed by atoms with E-state index < -0.39 is 0 Å². The average molecular weight is 194 g/mol. The molecule has 0 saturated carbocycles. The minimum Gasteiger partial charge on any atom is -0.262 e. The number of alkyl halides is 1. The lowest BCUT2D eigenvalue weighted by Crippen LogP contribution is -1.95. The average Bonchev–Trinajstić information content (AvgIpc) is 2.67. The van der Waals surface area contributed by atoms with Gasteiger partial charge in [-0.3, -0.25) is 4.98 Å². The Bertz CT molecular complexity index is 383. The van der Waals surface area contributed by atoms with Gasteiger partial charge < -0.3 is 0 Å². The molecule has 0 unspecified atom stereocenters. The van der Waals surface area contributed by atoms with Crippen LogP contribution in [0.15, 0.2) is 36.8 Å². The Morgan fingerprint density at radius 2 is 2.31 bits per heavy atom. The Morgan fingerprint density at radius 3 is 2.92 bits per heavy atom. The molecule has 0 spiro atoms. The highest BCUT2D eigenvalue weighted by Gasteiger charge is 1.98. The lowest BCUT2D eigenvalue weighted by molar-refractivity contribution is 0.853. The molecule has 2 aromatic rings. The summed E-state index contributed by atoms with van der Waals surface area (Å²) < 4.78 is 1.75. The molecule has 0 bridgehead atoms. The van der Waals surface area contributed by atoms with Crippen molar-refractivity contribution in [1.82, 2.24) is 14.8 Å². The highest BCUT2D eigenvalue weighted by molar-refractivity contribution is 6.16. The van der Waals surface area contributed by atoms with E-state index in [1.54, 1.807) is 17.1 Å². The predicted octanol–water partition coefficient (Wildman–Crippen LogP) is 2.01. The van der Waals surface area contributed by atoms with Gasteiger partial charge in [-0.2, -0.15) is 5.10 Å². The minimum absolute atomic E-state index is 0.438. The Balaban J connectivity index is 2.36. The molecule has 0 radical (unpaired) electrons. The number of pyridine rings is 1. The number of rotatable bonds is 2. The van der Waals surface area contributed by atoms with Gasteiger partial charge in [0.25, 0.3) is 0 Å². The van der Waals surface area contributed by atoms with Gasteiger partial charge in [0.2, 0.25) is 0 Å². The second-order valence-electron chi connectivity index (χ2n) is 2.60. The molecule has 0 fully saturated rings. The molecule has 0 aliphatic carbocycles. The Labute approximate surface area is 81.0 Å². The minimum atomic E-state index is 0.438. The van der Waals surface area contributed by atoms with Gasteiger partial charge in [0, 0.05) is 12.4 Å². The van der Waals surface area contributed by atoms with Crippen LogP contribution in [-0.2, 0) is 5.88 Å². The third kappa shape index (κ3) is 1.70. The van der Waals surface area contributed by atoms with Crippen molar-refractivity contribution >= 4 is 11.6 Å². The molecule has 3 nitrogen and oxygen atoms in total. The maximum Gasteiger partial charge on any atom is 0.0828 e. The molecule has 0 aliphatic heterocycles. The van der Waals surface area contributed by atoms with Crippen molar-refractivity contribution < 1.29 is 0 Å². The molecule has 0 aliphatic rings. The van der Waals surface area contributed by atoms with Crippen LogP contribution in [0, 0.1) is 0 Å². The van der Waals surface area contributed by atoms with Crippen LogP contribution in [0.5, 0.6) is 0 Å². The molecule has 66 valence electrons. The highest BCUT2D eigenvalue weighted by Crippen LogP contribution is 2.06. The molecule has 0 saturated heterocycles. The van der Waals surface area contributed by atoms with Gasteiger partial charge in [0.1, 0.15) is 0 Å². The smallest absolute Gasteiger partial charge is 0.0828 e. The second-order valence-corrected chi connectivity index (χ2v) is 2.86. The number of hydrogen-bond donors (Lipinski definition) is 0. The zero-order valence-corrected chi connectivity index (χ0v) is 7.65. The first-order valence-corrected chi connectivity index (χ1v) is 4.44. The standard InChI is InChI=1S/C9H8ClN3/c10-6-8-3-5-13(12-8)9-2-1-4-11-7-9/h1-5,7H,6H2. The van der Waals surface area contributed by atoms with Crippen LogP contribution in [0.1, 0.15) is 5.69 Å². The maximum atomic E-state index is 5.64. The molecule has 2 aromatic heterocycles. The first-order valence-electron chi connectivity index (χ1n) is 3.91. The summed E-state index contributed by atoms with van der Waals surface area (Å²) in [4.78, 5) is 4.00. The number of hydrogen-bond acceptors (Lipinski definition) is 2. The van der Waals surface area contributed by atoms with Crippen LogP contribution < -0.4 is 0 Å². The lowest BCUT2D eigenvalue weighted by atomic mass is 10.4. The number of aromatic nitrogens is 3. The molecule has 2 rings (SSSR count). The number of nitrogens with zero attached hydrogens (tertiary/aromatic N) is 3. The maximum absolute atomic E-state index is 5.64. The van der Waals surface area contributed by atoms with Crippen LogP contribution >= 0.6 is 11.6 Å². The van der Waals surface area contributed by atoms with Crippen molar-refractivity contribution in [3.05, 3.63) is 42.5 Å². The van der Waals surface area contributed by atoms with E-state index in [1.165, 1.54) is 0 Å². The summed E-state index contributed by atoms with van der Waals surface area (Å²) in [5.74, 6) is 0.438. The van der Waals surface area contributed by atoms with Crippen LogP contribution in [0.2, 0.25) is 0 Å². The van der Waals surface area contributed by atoms with Crippen molar-refractivity contribution in [2.45, 2.75) is 5.88 Å². The van der Waals surface area contributed by atoms with Crippen molar-refractivity contribution in [3.8, 4) is 5.69 Å². The second kappa shape index (κ2) is 3.58. The summed E-state index contributed by atoms with van der Waals surface area (Å²) in [5, 5.41) is 4.24. The first kappa shape index (κ1) is 8.26. The van der Waals surface area contributed by atoms with E-state index in [2.05, 4.69) is 10.1 Å². The van der Waals surface area contributed by atoms with Gasteiger partial charge in [0.05, 0.1) is 23.5 Å². The quantitative estimate of drug-likeness (QED) is 0.684. The van der Waals surface area contributed by atoms with Crippen molar-refractivity contribution in [1.29, 1.82) is 0 Å². The fraction of sp³-hybridized carbons (Fsp3) is 0.111. The van der Waals surface area contributed by atoms with Crippen molar-refractivity contribution in [3.63, 3.8) is 0 Å². The number of halogens is 1. The van der Waals surface area contributed by atoms with Crippen LogP contribution in [-0.4, -0.2) is 14.8 Å². The molecule has 0 amide bonds. The zero-order chi connectivity index (χ0) is 9.10. The summed E-state index contributed by atoms with van der Waals surface area (Å²) in [6.45, 7) is 0.